The molecule has 2 aromatic rings. The van der Waals surface area contributed by atoms with Crippen molar-refractivity contribution in [1.82, 2.24) is 10.2 Å². The lowest BCUT2D eigenvalue weighted by molar-refractivity contribution is 0.201. The fraction of sp³-hybridized carbons (Fsp3) is 0.474. The Hall–Kier alpha value is -1.29. The Morgan fingerprint density at radius 1 is 1.00 bits per heavy atom. The Morgan fingerprint density at radius 3 is 2.74 bits per heavy atom. The van der Waals surface area contributed by atoms with Gasteiger partial charge in [-0.05, 0) is 48.7 Å². The summed E-state index contributed by atoms with van der Waals surface area (Å²) in [5, 5.41) is 6.24. The number of rotatable bonds is 4. The van der Waals surface area contributed by atoms with Crippen LogP contribution in [0.4, 0.5) is 0 Å². The molecule has 0 radical (unpaired) electrons. The van der Waals surface area contributed by atoms with Crippen molar-refractivity contribution < 1.29 is 4.74 Å². The number of halogens is 1. The zero-order chi connectivity index (χ0) is 14.8. The number of ether oxygens (including phenoxy) is 1. The molecule has 2 saturated heterocycles. The second kappa shape index (κ2) is 7.52. The highest BCUT2D eigenvalue weighted by Crippen LogP contribution is 2.22. The van der Waals surface area contributed by atoms with Gasteiger partial charge in [0.05, 0.1) is 0 Å². The normalized spacial score (nSPS) is 24.2. The highest BCUT2D eigenvalue weighted by molar-refractivity contribution is 5.85. The first-order valence-electron chi connectivity index (χ1n) is 8.47. The van der Waals surface area contributed by atoms with Gasteiger partial charge in [-0.15, -0.1) is 12.4 Å². The molecule has 2 heterocycles. The van der Waals surface area contributed by atoms with Crippen molar-refractivity contribution in [3.63, 3.8) is 0 Å². The van der Waals surface area contributed by atoms with Crippen LogP contribution in [0, 0.1) is 0 Å². The SMILES string of the molecule is Cl.c1ccc2cc(OCCN3CCC4CCC(C3)N4)ccc2c1. The van der Waals surface area contributed by atoms with Gasteiger partial charge in [0.1, 0.15) is 12.4 Å². The lowest BCUT2D eigenvalue weighted by Gasteiger charge is -2.23. The maximum atomic E-state index is 5.98. The second-order valence-electron chi connectivity index (χ2n) is 6.58. The van der Waals surface area contributed by atoms with E-state index in [1.165, 1.54) is 43.1 Å². The van der Waals surface area contributed by atoms with Crippen LogP contribution in [0.25, 0.3) is 10.8 Å². The number of hydrogen-bond donors (Lipinski definition) is 1. The number of hydrogen-bond acceptors (Lipinski definition) is 3. The molecule has 23 heavy (non-hydrogen) atoms. The van der Waals surface area contributed by atoms with Crippen molar-refractivity contribution in [1.29, 1.82) is 0 Å². The van der Waals surface area contributed by atoms with E-state index in [1.807, 2.05) is 0 Å². The van der Waals surface area contributed by atoms with E-state index < -0.39 is 0 Å². The van der Waals surface area contributed by atoms with Gasteiger partial charge in [0, 0.05) is 25.2 Å². The van der Waals surface area contributed by atoms with Gasteiger partial charge in [0.2, 0.25) is 0 Å². The fourth-order valence-electron chi connectivity index (χ4n) is 3.77. The number of nitrogens with one attached hydrogen (secondary N) is 1. The van der Waals surface area contributed by atoms with Gasteiger partial charge in [-0.1, -0.05) is 30.3 Å². The summed E-state index contributed by atoms with van der Waals surface area (Å²) >= 11 is 0. The van der Waals surface area contributed by atoms with E-state index in [1.54, 1.807) is 0 Å². The van der Waals surface area contributed by atoms with E-state index >= 15 is 0 Å². The molecule has 2 aliphatic heterocycles. The minimum Gasteiger partial charge on any atom is -0.492 e. The molecule has 0 spiro atoms. The van der Waals surface area contributed by atoms with Gasteiger partial charge in [0.25, 0.3) is 0 Å². The highest BCUT2D eigenvalue weighted by atomic mass is 35.5. The third-order valence-corrected chi connectivity index (χ3v) is 5.00. The number of benzene rings is 2. The molecule has 2 aromatic carbocycles. The predicted molar refractivity (Wildman–Crippen MR) is 97.7 cm³/mol. The van der Waals surface area contributed by atoms with Gasteiger partial charge in [0.15, 0.2) is 0 Å². The van der Waals surface area contributed by atoms with Crippen molar-refractivity contribution >= 4 is 23.2 Å². The van der Waals surface area contributed by atoms with E-state index in [0.717, 1.165) is 24.9 Å². The van der Waals surface area contributed by atoms with E-state index in [4.69, 9.17) is 4.74 Å². The molecule has 0 aliphatic carbocycles. The smallest absolute Gasteiger partial charge is 0.120 e. The van der Waals surface area contributed by atoms with Crippen LogP contribution < -0.4 is 10.1 Å². The Balaban J connectivity index is 0.00000156. The largest absolute Gasteiger partial charge is 0.492 e. The lowest BCUT2D eigenvalue weighted by Crippen LogP contribution is -2.37. The summed E-state index contributed by atoms with van der Waals surface area (Å²) in [6.45, 7) is 4.18. The molecule has 2 fully saturated rings. The van der Waals surface area contributed by atoms with Crippen LogP contribution in [0.15, 0.2) is 42.5 Å². The number of nitrogens with zero attached hydrogens (tertiary/aromatic N) is 1. The molecule has 4 heteroatoms. The molecule has 1 N–H and O–H groups in total. The zero-order valence-corrected chi connectivity index (χ0v) is 14.2. The summed E-state index contributed by atoms with van der Waals surface area (Å²) < 4.78 is 5.98. The summed E-state index contributed by atoms with van der Waals surface area (Å²) in [6.07, 6.45) is 3.99. The first kappa shape index (κ1) is 16.6. The van der Waals surface area contributed by atoms with E-state index in [9.17, 15) is 0 Å². The third-order valence-electron chi connectivity index (χ3n) is 5.00. The molecular formula is C19H25ClN2O. The molecular weight excluding hydrogens is 308 g/mol. The quantitative estimate of drug-likeness (QED) is 0.928. The van der Waals surface area contributed by atoms with Crippen molar-refractivity contribution in [2.45, 2.75) is 31.3 Å². The summed E-state index contributed by atoms with van der Waals surface area (Å²) in [4.78, 5) is 2.55. The average molecular weight is 333 g/mol. The van der Waals surface area contributed by atoms with Crippen LogP contribution in [0.1, 0.15) is 19.3 Å². The van der Waals surface area contributed by atoms with Crippen LogP contribution in [-0.4, -0.2) is 43.2 Å². The Kier molecular flexibility index (Phi) is 5.42. The Morgan fingerprint density at radius 2 is 1.83 bits per heavy atom. The number of likely N-dealkylation sites (tertiary alicyclic amines) is 1. The lowest BCUT2D eigenvalue weighted by atomic mass is 10.1. The molecule has 2 unspecified atom stereocenters. The second-order valence-corrected chi connectivity index (χ2v) is 6.58. The monoisotopic (exact) mass is 332 g/mol. The summed E-state index contributed by atoms with van der Waals surface area (Å²) in [5.74, 6) is 0.980. The molecule has 2 bridgehead atoms. The molecule has 124 valence electrons. The van der Waals surface area contributed by atoms with Crippen molar-refractivity contribution in [2.24, 2.45) is 0 Å². The summed E-state index contributed by atoms with van der Waals surface area (Å²) in [7, 11) is 0. The summed E-state index contributed by atoms with van der Waals surface area (Å²) in [5.41, 5.74) is 0. The minimum atomic E-state index is 0. The molecule has 2 atom stereocenters. The first-order valence-corrected chi connectivity index (χ1v) is 8.47. The van der Waals surface area contributed by atoms with Crippen molar-refractivity contribution in [3.8, 4) is 5.75 Å². The molecule has 3 nitrogen and oxygen atoms in total. The minimum absolute atomic E-state index is 0. The molecule has 4 rings (SSSR count). The van der Waals surface area contributed by atoms with Crippen LogP contribution >= 0.6 is 12.4 Å². The average Bonchev–Trinajstić information content (AvgIpc) is 2.89. The predicted octanol–water partition coefficient (Wildman–Crippen LogP) is 3.47. The van der Waals surface area contributed by atoms with Crippen LogP contribution in [-0.2, 0) is 0 Å². The van der Waals surface area contributed by atoms with Gasteiger partial charge in [-0.3, -0.25) is 4.90 Å². The third kappa shape index (κ3) is 3.97. The van der Waals surface area contributed by atoms with Gasteiger partial charge in [-0.25, -0.2) is 0 Å². The van der Waals surface area contributed by atoms with E-state index in [-0.39, 0.29) is 12.4 Å². The first-order chi connectivity index (χ1) is 10.9. The van der Waals surface area contributed by atoms with Crippen LogP contribution in [0.3, 0.4) is 0 Å². The number of fused-ring (bicyclic) bond motifs is 3. The van der Waals surface area contributed by atoms with Crippen molar-refractivity contribution in [2.75, 3.05) is 26.2 Å². The van der Waals surface area contributed by atoms with Crippen LogP contribution in [0.5, 0.6) is 5.75 Å². The maximum absolute atomic E-state index is 5.98. The molecule has 2 aliphatic rings. The Bertz CT molecular complexity index is 648. The fourth-order valence-corrected chi connectivity index (χ4v) is 3.77. The highest BCUT2D eigenvalue weighted by Gasteiger charge is 2.28. The Labute approximate surface area is 144 Å². The van der Waals surface area contributed by atoms with Gasteiger partial charge >= 0.3 is 0 Å². The van der Waals surface area contributed by atoms with Gasteiger partial charge in [-0.2, -0.15) is 0 Å². The standard InChI is InChI=1S/C19H24N2O.ClH/c1-2-4-16-13-19(8-5-15(16)3-1)22-12-11-21-10-9-17-6-7-18(14-21)20-17;/h1-5,8,13,17-18,20H,6-7,9-12,14H2;1H. The summed E-state index contributed by atoms with van der Waals surface area (Å²) in [6, 6.07) is 16.2. The van der Waals surface area contributed by atoms with E-state index in [0.29, 0.717) is 6.04 Å². The zero-order valence-electron chi connectivity index (χ0n) is 13.4. The molecule has 0 amide bonds. The van der Waals surface area contributed by atoms with Gasteiger partial charge < -0.3 is 10.1 Å². The molecule has 0 aromatic heterocycles. The topological polar surface area (TPSA) is 24.5 Å². The molecule has 0 saturated carbocycles. The maximum Gasteiger partial charge on any atom is 0.120 e. The van der Waals surface area contributed by atoms with Crippen molar-refractivity contribution in [3.05, 3.63) is 42.5 Å². The van der Waals surface area contributed by atoms with E-state index in [2.05, 4.69) is 52.7 Å². The van der Waals surface area contributed by atoms with Crippen LogP contribution in [0.2, 0.25) is 0 Å².